The normalized spacial score (nSPS) is 16.1. The summed E-state index contributed by atoms with van der Waals surface area (Å²) in [5.41, 5.74) is 0.546. The highest BCUT2D eigenvalue weighted by atomic mass is 32.2. The molecule has 0 radical (unpaired) electrons. The number of carbonyl (C=O) groups is 1. The van der Waals surface area contributed by atoms with Crippen molar-refractivity contribution < 1.29 is 13.2 Å². The second-order valence-electron chi connectivity index (χ2n) is 5.62. The first kappa shape index (κ1) is 16.3. The summed E-state index contributed by atoms with van der Waals surface area (Å²) in [6.07, 6.45) is 3.51. The Kier molecular flexibility index (Phi) is 4.93. The van der Waals surface area contributed by atoms with Crippen LogP contribution >= 0.6 is 11.8 Å². The molecule has 1 aliphatic rings. The highest BCUT2D eigenvalue weighted by Crippen LogP contribution is 2.24. The number of pyridine rings is 1. The van der Waals surface area contributed by atoms with Gasteiger partial charge in [0.25, 0.3) is 5.91 Å². The van der Waals surface area contributed by atoms with E-state index in [2.05, 4.69) is 4.98 Å². The van der Waals surface area contributed by atoms with Crippen LogP contribution in [0.3, 0.4) is 0 Å². The van der Waals surface area contributed by atoms with Crippen molar-refractivity contribution in [3.8, 4) is 0 Å². The zero-order chi connectivity index (χ0) is 15.6. The monoisotopic (exact) mass is 328 g/mol. The van der Waals surface area contributed by atoms with Gasteiger partial charge in [0.1, 0.15) is 5.03 Å². The minimum Gasteiger partial charge on any atom is -0.336 e. The minimum atomic E-state index is -3.10. The van der Waals surface area contributed by atoms with Crippen molar-refractivity contribution in [2.24, 2.45) is 5.92 Å². The Bertz CT molecular complexity index is 623. The summed E-state index contributed by atoms with van der Waals surface area (Å²) in [5.74, 6) is 0.160. The number of hydrogen-bond donors (Lipinski definition) is 0. The van der Waals surface area contributed by atoms with E-state index in [9.17, 15) is 13.2 Å². The molecule has 0 saturated carbocycles. The molecule has 21 heavy (non-hydrogen) atoms. The van der Waals surface area contributed by atoms with E-state index < -0.39 is 15.1 Å². The zero-order valence-electron chi connectivity index (χ0n) is 12.4. The molecule has 7 heteroatoms. The van der Waals surface area contributed by atoms with Gasteiger partial charge in [-0.3, -0.25) is 4.79 Å². The van der Waals surface area contributed by atoms with Crippen molar-refractivity contribution in [1.29, 1.82) is 0 Å². The molecule has 1 fully saturated rings. The number of amides is 1. The van der Waals surface area contributed by atoms with Crippen LogP contribution in [0.15, 0.2) is 23.4 Å². The third kappa shape index (κ3) is 3.58. The molecule has 2 heterocycles. The lowest BCUT2D eigenvalue weighted by molar-refractivity contribution is 0.0654. The lowest BCUT2D eigenvalue weighted by Gasteiger charge is -2.39. The van der Waals surface area contributed by atoms with Crippen molar-refractivity contribution in [2.45, 2.75) is 24.1 Å². The van der Waals surface area contributed by atoms with Gasteiger partial charge in [-0.2, -0.15) is 0 Å². The van der Waals surface area contributed by atoms with E-state index in [1.807, 2.05) is 20.1 Å². The summed E-state index contributed by atoms with van der Waals surface area (Å²) >= 11 is 1.41. The largest absolute Gasteiger partial charge is 0.336 e. The smallest absolute Gasteiger partial charge is 0.256 e. The molecular weight excluding hydrogens is 308 g/mol. The Hall–Kier alpha value is -1.08. The molecule has 2 rings (SSSR count). The standard InChI is InChI=1S/C14H20N2O3S2/c1-10(2)9-21(18,19)11-7-16(8-11)14(17)12-5-4-6-15-13(12)20-3/h4-6,10-11H,7-9H2,1-3H3. The van der Waals surface area contributed by atoms with Gasteiger partial charge in [-0.25, -0.2) is 13.4 Å². The van der Waals surface area contributed by atoms with Gasteiger partial charge in [0.2, 0.25) is 0 Å². The Balaban J connectivity index is 2.03. The van der Waals surface area contributed by atoms with E-state index in [0.29, 0.717) is 10.6 Å². The molecule has 0 atom stereocenters. The SMILES string of the molecule is CSc1ncccc1C(=O)N1CC(S(=O)(=O)CC(C)C)C1. The van der Waals surface area contributed by atoms with Gasteiger partial charge >= 0.3 is 0 Å². The van der Waals surface area contributed by atoms with Crippen molar-refractivity contribution in [3.05, 3.63) is 23.9 Å². The molecule has 1 aromatic rings. The van der Waals surface area contributed by atoms with Gasteiger partial charge in [-0.1, -0.05) is 13.8 Å². The van der Waals surface area contributed by atoms with E-state index in [4.69, 9.17) is 0 Å². The third-order valence-electron chi connectivity index (χ3n) is 3.40. The van der Waals surface area contributed by atoms with E-state index in [1.54, 1.807) is 23.2 Å². The van der Waals surface area contributed by atoms with Crippen LogP contribution in [0.1, 0.15) is 24.2 Å². The molecule has 0 bridgehead atoms. The highest BCUT2D eigenvalue weighted by Gasteiger charge is 2.40. The second kappa shape index (κ2) is 6.36. The number of nitrogens with zero attached hydrogens (tertiary/aromatic N) is 2. The van der Waals surface area contributed by atoms with Crippen LogP contribution in [0.4, 0.5) is 0 Å². The van der Waals surface area contributed by atoms with Gasteiger partial charge in [-0.15, -0.1) is 11.8 Å². The molecule has 116 valence electrons. The van der Waals surface area contributed by atoms with Crippen LogP contribution in [-0.4, -0.2) is 54.6 Å². The first-order valence-electron chi connectivity index (χ1n) is 6.85. The number of likely N-dealkylation sites (tertiary alicyclic amines) is 1. The fourth-order valence-electron chi connectivity index (χ4n) is 2.32. The van der Waals surface area contributed by atoms with Gasteiger partial charge in [0, 0.05) is 19.3 Å². The Morgan fingerprint density at radius 3 is 2.71 bits per heavy atom. The van der Waals surface area contributed by atoms with Crippen molar-refractivity contribution >= 4 is 27.5 Å². The molecule has 0 unspecified atom stereocenters. The first-order valence-corrected chi connectivity index (χ1v) is 9.79. The lowest BCUT2D eigenvalue weighted by Crippen LogP contribution is -2.57. The molecule has 0 spiro atoms. The molecule has 5 nitrogen and oxygen atoms in total. The van der Waals surface area contributed by atoms with E-state index in [0.717, 1.165) is 0 Å². The number of aromatic nitrogens is 1. The van der Waals surface area contributed by atoms with Crippen LogP contribution in [0.25, 0.3) is 0 Å². The van der Waals surface area contributed by atoms with Crippen LogP contribution in [0.5, 0.6) is 0 Å². The van der Waals surface area contributed by atoms with E-state index in [-0.39, 0.29) is 30.7 Å². The molecular formula is C14H20N2O3S2. The molecule has 1 amide bonds. The molecule has 0 N–H and O–H groups in total. The highest BCUT2D eigenvalue weighted by molar-refractivity contribution is 7.98. The number of hydrogen-bond acceptors (Lipinski definition) is 5. The second-order valence-corrected chi connectivity index (χ2v) is 8.74. The van der Waals surface area contributed by atoms with Gasteiger partial charge in [0.15, 0.2) is 9.84 Å². The quantitative estimate of drug-likeness (QED) is 0.770. The summed E-state index contributed by atoms with van der Waals surface area (Å²) < 4.78 is 24.2. The number of rotatable bonds is 5. The van der Waals surface area contributed by atoms with Crippen molar-refractivity contribution in [2.75, 3.05) is 25.1 Å². The maximum atomic E-state index is 12.4. The summed E-state index contributed by atoms with van der Waals surface area (Å²) in [6, 6.07) is 3.46. The van der Waals surface area contributed by atoms with E-state index in [1.165, 1.54) is 11.8 Å². The fraction of sp³-hybridized carbons (Fsp3) is 0.571. The average Bonchev–Trinajstić information content (AvgIpc) is 2.34. The maximum absolute atomic E-state index is 12.4. The van der Waals surface area contributed by atoms with E-state index >= 15 is 0 Å². The topological polar surface area (TPSA) is 67.3 Å². The Morgan fingerprint density at radius 2 is 2.14 bits per heavy atom. The predicted octanol–water partition coefficient (Wildman–Crippen LogP) is 1.70. The van der Waals surface area contributed by atoms with Gasteiger partial charge in [-0.05, 0) is 24.3 Å². The number of carbonyl (C=O) groups excluding carboxylic acids is 1. The van der Waals surface area contributed by atoms with Crippen molar-refractivity contribution in [3.63, 3.8) is 0 Å². The van der Waals surface area contributed by atoms with Crippen LogP contribution in [0, 0.1) is 5.92 Å². The molecule has 1 saturated heterocycles. The van der Waals surface area contributed by atoms with Crippen molar-refractivity contribution in [1.82, 2.24) is 9.88 Å². The predicted molar refractivity (Wildman–Crippen MR) is 84.3 cm³/mol. The molecule has 0 aliphatic carbocycles. The lowest BCUT2D eigenvalue weighted by atomic mass is 10.1. The van der Waals surface area contributed by atoms with Gasteiger partial charge in [0.05, 0.1) is 16.6 Å². The zero-order valence-corrected chi connectivity index (χ0v) is 14.1. The maximum Gasteiger partial charge on any atom is 0.256 e. The third-order valence-corrected chi connectivity index (χ3v) is 6.56. The summed E-state index contributed by atoms with van der Waals surface area (Å²) in [4.78, 5) is 18.1. The Morgan fingerprint density at radius 1 is 1.48 bits per heavy atom. The Labute approximate surface area is 130 Å². The first-order chi connectivity index (χ1) is 9.85. The average molecular weight is 328 g/mol. The molecule has 1 aromatic heterocycles. The van der Waals surface area contributed by atoms with Crippen LogP contribution in [-0.2, 0) is 9.84 Å². The molecule has 0 aromatic carbocycles. The van der Waals surface area contributed by atoms with Crippen LogP contribution in [0.2, 0.25) is 0 Å². The number of sulfone groups is 1. The molecule has 1 aliphatic heterocycles. The minimum absolute atomic E-state index is 0.112. The number of thioether (sulfide) groups is 1. The fourth-order valence-corrected chi connectivity index (χ4v) is 4.88. The summed E-state index contributed by atoms with van der Waals surface area (Å²) in [6.45, 7) is 4.35. The van der Waals surface area contributed by atoms with Gasteiger partial charge < -0.3 is 4.90 Å². The summed E-state index contributed by atoms with van der Waals surface area (Å²) in [7, 11) is -3.10. The summed E-state index contributed by atoms with van der Waals surface area (Å²) in [5, 5.41) is 0.259. The van der Waals surface area contributed by atoms with Crippen LogP contribution < -0.4 is 0 Å².